The van der Waals surface area contributed by atoms with Crippen molar-refractivity contribution in [1.82, 2.24) is 14.9 Å². The van der Waals surface area contributed by atoms with Gasteiger partial charge >= 0.3 is 6.09 Å². The number of halogens is 1. The molecule has 0 spiro atoms. The fourth-order valence-electron chi connectivity index (χ4n) is 3.53. The molecule has 148 valence electrons. The summed E-state index contributed by atoms with van der Waals surface area (Å²) in [5, 5.41) is 0.135. The van der Waals surface area contributed by atoms with Crippen molar-refractivity contribution in [2.24, 2.45) is 11.7 Å². The van der Waals surface area contributed by atoms with Crippen molar-refractivity contribution in [3.8, 4) is 0 Å². The van der Waals surface area contributed by atoms with Crippen LogP contribution in [0.5, 0.6) is 0 Å². The maximum absolute atomic E-state index is 12.4. The van der Waals surface area contributed by atoms with Crippen molar-refractivity contribution in [3.63, 3.8) is 0 Å². The number of primary amides is 1. The Kier molecular flexibility index (Phi) is 5.46. The van der Waals surface area contributed by atoms with E-state index in [2.05, 4.69) is 14.9 Å². The van der Waals surface area contributed by atoms with Gasteiger partial charge in [-0.3, -0.25) is 4.79 Å². The number of amides is 2. The third-order valence-corrected chi connectivity index (χ3v) is 4.96. The molecule has 0 aromatic carbocycles. The van der Waals surface area contributed by atoms with Gasteiger partial charge in [-0.15, -0.1) is 0 Å². The van der Waals surface area contributed by atoms with Gasteiger partial charge in [-0.05, 0) is 51.6 Å². The summed E-state index contributed by atoms with van der Waals surface area (Å²) in [5.74, 6) is 0.273. The molecule has 3 rings (SSSR count). The zero-order valence-corrected chi connectivity index (χ0v) is 16.8. The summed E-state index contributed by atoms with van der Waals surface area (Å²) in [5.41, 5.74) is 6.64. The molecule has 1 fully saturated rings. The number of anilines is 1. The van der Waals surface area contributed by atoms with Gasteiger partial charge in [0.05, 0.1) is 18.2 Å². The molecule has 2 N–H and O–H groups in total. The van der Waals surface area contributed by atoms with E-state index >= 15 is 0 Å². The molecule has 1 saturated heterocycles. The van der Waals surface area contributed by atoms with Gasteiger partial charge in [-0.25, -0.2) is 14.8 Å². The molecule has 1 atom stereocenters. The summed E-state index contributed by atoms with van der Waals surface area (Å²) >= 11 is 6.16. The monoisotopic (exact) mass is 395 g/mol. The van der Waals surface area contributed by atoms with Crippen molar-refractivity contribution < 1.29 is 14.3 Å². The Bertz CT molecular complexity index is 749. The quantitative estimate of drug-likeness (QED) is 0.769. The minimum absolute atomic E-state index is 0.135. The van der Waals surface area contributed by atoms with E-state index in [1.165, 1.54) is 0 Å². The Balaban J connectivity index is 1.83. The molecule has 2 aliphatic rings. The number of carbonyl (C=O) groups is 2. The zero-order valence-electron chi connectivity index (χ0n) is 16.0. The lowest BCUT2D eigenvalue weighted by molar-refractivity contribution is -0.122. The summed E-state index contributed by atoms with van der Waals surface area (Å²) < 4.78 is 5.46. The number of piperidine rings is 1. The number of hydrogen-bond donors (Lipinski definition) is 1. The molecule has 1 aromatic rings. The summed E-state index contributed by atoms with van der Waals surface area (Å²) in [4.78, 5) is 36.4. The molecule has 0 aliphatic carbocycles. The van der Waals surface area contributed by atoms with Gasteiger partial charge in [-0.2, -0.15) is 0 Å². The molecule has 2 amide bonds. The fraction of sp³-hybridized carbons (Fsp3) is 0.667. The topological polar surface area (TPSA) is 102 Å². The largest absolute Gasteiger partial charge is 0.444 e. The van der Waals surface area contributed by atoms with Crippen LogP contribution in [0.3, 0.4) is 0 Å². The van der Waals surface area contributed by atoms with Crippen LogP contribution in [0.4, 0.5) is 10.6 Å². The number of nitrogens with zero attached hydrogens (tertiary/aromatic N) is 4. The number of nitrogens with two attached hydrogens (primary N) is 1. The summed E-state index contributed by atoms with van der Waals surface area (Å²) in [6.45, 7) is 7.69. The molecule has 1 aromatic heterocycles. The highest BCUT2D eigenvalue weighted by molar-refractivity contribution is 6.28. The first-order chi connectivity index (χ1) is 12.6. The smallest absolute Gasteiger partial charge is 0.410 e. The average Bonchev–Trinajstić information content (AvgIpc) is 2.59. The normalized spacial score (nSPS) is 20.2. The number of aromatic nitrogens is 2. The second-order valence-electron chi connectivity index (χ2n) is 8.08. The lowest BCUT2D eigenvalue weighted by Crippen LogP contribution is -2.44. The maximum Gasteiger partial charge on any atom is 0.410 e. The van der Waals surface area contributed by atoms with Crippen molar-refractivity contribution in [2.45, 2.75) is 52.2 Å². The van der Waals surface area contributed by atoms with Gasteiger partial charge in [0.15, 0.2) is 0 Å². The first-order valence-electron chi connectivity index (χ1n) is 9.21. The van der Waals surface area contributed by atoms with Gasteiger partial charge in [-0.1, -0.05) is 0 Å². The predicted molar refractivity (Wildman–Crippen MR) is 102 cm³/mol. The first-order valence-corrected chi connectivity index (χ1v) is 9.59. The molecule has 27 heavy (non-hydrogen) atoms. The van der Waals surface area contributed by atoms with Gasteiger partial charge in [0, 0.05) is 25.2 Å². The van der Waals surface area contributed by atoms with Gasteiger partial charge in [0.2, 0.25) is 11.2 Å². The van der Waals surface area contributed by atoms with Crippen LogP contribution in [0.1, 0.15) is 44.9 Å². The highest BCUT2D eigenvalue weighted by Crippen LogP contribution is 2.31. The minimum Gasteiger partial charge on any atom is -0.444 e. The van der Waals surface area contributed by atoms with Crippen LogP contribution < -0.4 is 10.6 Å². The Labute approximate surface area is 164 Å². The van der Waals surface area contributed by atoms with Crippen LogP contribution in [-0.2, 0) is 22.5 Å². The van der Waals surface area contributed by atoms with Crippen LogP contribution in [0.2, 0.25) is 5.28 Å². The lowest BCUT2D eigenvalue weighted by atomic mass is 9.96. The Morgan fingerprint density at radius 3 is 2.67 bits per heavy atom. The number of ether oxygens (including phenoxy) is 1. The fourth-order valence-corrected chi connectivity index (χ4v) is 3.71. The molecule has 0 radical (unpaired) electrons. The Morgan fingerprint density at radius 2 is 2.00 bits per heavy atom. The highest BCUT2D eigenvalue weighted by Gasteiger charge is 2.32. The molecule has 2 aliphatic heterocycles. The Hall–Kier alpha value is -2.09. The number of fused-ring (bicyclic) bond motifs is 1. The van der Waals surface area contributed by atoms with Gasteiger partial charge < -0.3 is 20.3 Å². The molecule has 9 heteroatoms. The van der Waals surface area contributed by atoms with E-state index in [-0.39, 0.29) is 23.2 Å². The van der Waals surface area contributed by atoms with Crippen molar-refractivity contribution in [1.29, 1.82) is 0 Å². The van der Waals surface area contributed by atoms with Crippen LogP contribution in [0.25, 0.3) is 0 Å². The van der Waals surface area contributed by atoms with Gasteiger partial charge in [0.1, 0.15) is 11.4 Å². The standard InChI is InChI=1S/C18H26ClN5O3/c1-18(2,3)27-17(26)24-8-6-12-13(10-24)21-16(19)22-15(12)23-7-4-5-11(9-23)14(20)25/h11H,4-10H2,1-3H3,(H2,20,25). The van der Waals surface area contributed by atoms with E-state index in [1.807, 2.05) is 20.8 Å². The van der Waals surface area contributed by atoms with Gasteiger partial charge in [0.25, 0.3) is 0 Å². The van der Waals surface area contributed by atoms with Crippen LogP contribution in [0, 0.1) is 5.92 Å². The van der Waals surface area contributed by atoms with Crippen LogP contribution in [0.15, 0.2) is 0 Å². The number of carbonyl (C=O) groups excluding carboxylic acids is 2. The maximum atomic E-state index is 12.4. The molecular weight excluding hydrogens is 370 g/mol. The summed E-state index contributed by atoms with van der Waals surface area (Å²) in [7, 11) is 0. The SMILES string of the molecule is CC(C)(C)OC(=O)N1CCc2c(nc(Cl)nc2N2CCCC(C(N)=O)C2)C1. The van der Waals surface area contributed by atoms with E-state index in [0.717, 1.165) is 36.5 Å². The third-order valence-electron chi connectivity index (χ3n) is 4.79. The predicted octanol–water partition coefficient (Wildman–Crippen LogP) is 2.12. The van der Waals surface area contributed by atoms with E-state index < -0.39 is 5.60 Å². The molecule has 0 bridgehead atoms. The summed E-state index contributed by atoms with van der Waals surface area (Å²) in [6, 6.07) is 0. The minimum atomic E-state index is -0.552. The van der Waals surface area contributed by atoms with E-state index in [4.69, 9.17) is 22.1 Å². The van der Waals surface area contributed by atoms with Crippen molar-refractivity contribution in [2.75, 3.05) is 24.5 Å². The van der Waals surface area contributed by atoms with Crippen molar-refractivity contribution >= 4 is 29.4 Å². The van der Waals surface area contributed by atoms with E-state index in [1.54, 1.807) is 4.90 Å². The molecular formula is C18H26ClN5O3. The zero-order chi connectivity index (χ0) is 19.8. The molecule has 0 saturated carbocycles. The number of rotatable bonds is 2. The number of hydrogen-bond acceptors (Lipinski definition) is 6. The second-order valence-corrected chi connectivity index (χ2v) is 8.42. The molecule has 1 unspecified atom stereocenters. The van der Waals surface area contributed by atoms with E-state index in [0.29, 0.717) is 26.1 Å². The lowest BCUT2D eigenvalue weighted by Gasteiger charge is -2.36. The highest BCUT2D eigenvalue weighted by atomic mass is 35.5. The average molecular weight is 396 g/mol. The van der Waals surface area contributed by atoms with Crippen LogP contribution >= 0.6 is 11.6 Å². The van der Waals surface area contributed by atoms with Crippen LogP contribution in [-0.4, -0.2) is 52.1 Å². The van der Waals surface area contributed by atoms with Crippen molar-refractivity contribution in [3.05, 3.63) is 16.5 Å². The summed E-state index contributed by atoms with van der Waals surface area (Å²) in [6.07, 6.45) is 1.91. The Morgan fingerprint density at radius 1 is 1.26 bits per heavy atom. The molecule has 3 heterocycles. The first kappa shape index (κ1) is 19.7. The van der Waals surface area contributed by atoms with E-state index in [9.17, 15) is 9.59 Å². The second kappa shape index (κ2) is 7.50. The molecule has 8 nitrogen and oxygen atoms in total. The third kappa shape index (κ3) is 4.61.